The molecule has 1 heterocycles. The van der Waals surface area contributed by atoms with Crippen LogP contribution >= 0.6 is 0 Å². The van der Waals surface area contributed by atoms with Crippen LogP contribution in [-0.2, 0) is 4.79 Å². The number of nitrogens with zero attached hydrogens (tertiary/aromatic N) is 1. The molecule has 0 amide bonds. The Kier molecular flexibility index (Phi) is 4.54. The SMILES string of the molecule is CC(=CCN1CCCC(C)(C)CC1)C(=O)O. The Labute approximate surface area is 98.1 Å². The molecule has 16 heavy (non-hydrogen) atoms. The zero-order valence-corrected chi connectivity index (χ0v) is 10.6. The lowest BCUT2D eigenvalue weighted by atomic mass is 9.85. The fraction of sp³-hybridized carbons (Fsp3) is 0.769. The predicted molar refractivity (Wildman–Crippen MR) is 65.5 cm³/mol. The minimum absolute atomic E-state index is 0.445. The molecule has 1 N–H and O–H groups in total. The highest BCUT2D eigenvalue weighted by Crippen LogP contribution is 2.29. The largest absolute Gasteiger partial charge is 0.478 e. The smallest absolute Gasteiger partial charge is 0.330 e. The maximum atomic E-state index is 10.7. The van der Waals surface area contributed by atoms with Gasteiger partial charge < -0.3 is 5.11 Å². The average molecular weight is 225 g/mol. The summed E-state index contributed by atoms with van der Waals surface area (Å²) in [7, 11) is 0. The number of rotatable bonds is 3. The molecule has 0 spiro atoms. The molecule has 0 aromatic heterocycles. The molecule has 0 aromatic carbocycles. The quantitative estimate of drug-likeness (QED) is 0.750. The van der Waals surface area contributed by atoms with Crippen LogP contribution in [0.3, 0.4) is 0 Å². The third kappa shape index (κ3) is 4.35. The fourth-order valence-electron chi connectivity index (χ4n) is 2.01. The number of likely N-dealkylation sites (tertiary alicyclic amines) is 1. The molecule has 0 atom stereocenters. The van der Waals surface area contributed by atoms with E-state index in [2.05, 4.69) is 18.7 Å². The number of carboxylic acid groups (broad SMARTS) is 1. The molecular formula is C13H23NO2. The van der Waals surface area contributed by atoms with Gasteiger partial charge in [0.25, 0.3) is 0 Å². The zero-order chi connectivity index (χ0) is 12.2. The van der Waals surface area contributed by atoms with Crippen molar-refractivity contribution >= 4 is 5.97 Å². The second-order valence-corrected chi connectivity index (χ2v) is 5.51. The first-order valence-electron chi connectivity index (χ1n) is 6.03. The molecule has 1 fully saturated rings. The molecule has 3 nitrogen and oxygen atoms in total. The van der Waals surface area contributed by atoms with Crippen molar-refractivity contribution in [3.05, 3.63) is 11.6 Å². The summed E-state index contributed by atoms with van der Waals surface area (Å²) in [5, 5.41) is 8.76. The fourth-order valence-corrected chi connectivity index (χ4v) is 2.01. The summed E-state index contributed by atoms with van der Waals surface area (Å²) in [6.45, 7) is 9.23. The van der Waals surface area contributed by atoms with Gasteiger partial charge in [0.05, 0.1) is 0 Å². The van der Waals surface area contributed by atoms with Crippen LogP contribution in [0.25, 0.3) is 0 Å². The second-order valence-electron chi connectivity index (χ2n) is 5.51. The molecule has 1 aliphatic rings. The maximum Gasteiger partial charge on any atom is 0.330 e. The van der Waals surface area contributed by atoms with Crippen LogP contribution in [0.5, 0.6) is 0 Å². The van der Waals surface area contributed by atoms with Gasteiger partial charge in [0.15, 0.2) is 0 Å². The number of carboxylic acids is 1. The van der Waals surface area contributed by atoms with Crippen LogP contribution < -0.4 is 0 Å². The van der Waals surface area contributed by atoms with E-state index in [1.165, 1.54) is 19.3 Å². The first kappa shape index (κ1) is 13.2. The molecule has 0 unspecified atom stereocenters. The number of aliphatic carboxylic acids is 1. The standard InChI is InChI=1S/C13H23NO2/c1-11(12(15)16)5-9-14-8-4-6-13(2,3)7-10-14/h5H,4,6-10H2,1-3H3,(H,15,16). The van der Waals surface area contributed by atoms with E-state index < -0.39 is 5.97 Å². The molecule has 0 saturated carbocycles. The Morgan fingerprint density at radius 3 is 2.69 bits per heavy atom. The minimum Gasteiger partial charge on any atom is -0.478 e. The van der Waals surface area contributed by atoms with Gasteiger partial charge >= 0.3 is 5.97 Å². The summed E-state index contributed by atoms with van der Waals surface area (Å²) >= 11 is 0. The molecule has 3 heteroatoms. The lowest BCUT2D eigenvalue weighted by molar-refractivity contribution is -0.132. The first-order chi connectivity index (χ1) is 7.41. The van der Waals surface area contributed by atoms with Crippen LogP contribution in [0.2, 0.25) is 0 Å². The highest BCUT2D eigenvalue weighted by Gasteiger charge is 2.22. The van der Waals surface area contributed by atoms with Crippen molar-refractivity contribution in [3.63, 3.8) is 0 Å². The normalized spacial score (nSPS) is 22.8. The molecule has 1 saturated heterocycles. The van der Waals surface area contributed by atoms with Crippen molar-refractivity contribution in [3.8, 4) is 0 Å². The Bertz CT molecular complexity index is 282. The van der Waals surface area contributed by atoms with Crippen LogP contribution in [-0.4, -0.2) is 35.6 Å². The molecule has 1 aliphatic heterocycles. The van der Waals surface area contributed by atoms with E-state index >= 15 is 0 Å². The molecule has 0 aromatic rings. The number of carbonyl (C=O) groups is 1. The Morgan fingerprint density at radius 1 is 1.38 bits per heavy atom. The summed E-state index contributed by atoms with van der Waals surface area (Å²) < 4.78 is 0. The van der Waals surface area contributed by atoms with E-state index in [0.29, 0.717) is 11.0 Å². The Hall–Kier alpha value is -0.830. The lowest BCUT2D eigenvalue weighted by Crippen LogP contribution is -2.26. The van der Waals surface area contributed by atoms with Gasteiger partial charge in [-0.25, -0.2) is 4.79 Å². The van der Waals surface area contributed by atoms with Gasteiger partial charge in [-0.1, -0.05) is 19.9 Å². The van der Waals surface area contributed by atoms with Crippen molar-refractivity contribution in [2.24, 2.45) is 5.41 Å². The van der Waals surface area contributed by atoms with Gasteiger partial charge in [0.1, 0.15) is 0 Å². The van der Waals surface area contributed by atoms with Crippen LogP contribution in [0.15, 0.2) is 11.6 Å². The molecule has 0 radical (unpaired) electrons. The molecular weight excluding hydrogens is 202 g/mol. The lowest BCUT2D eigenvalue weighted by Gasteiger charge is -2.22. The average Bonchev–Trinajstić information content (AvgIpc) is 2.36. The van der Waals surface area contributed by atoms with E-state index in [9.17, 15) is 4.79 Å². The van der Waals surface area contributed by atoms with Gasteiger partial charge in [-0.3, -0.25) is 4.90 Å². The van der Waals surface area contributed by atoms with Gasteiger partial charge in [-0.15, -0.1) is 0 Å². The Morgan fingerprint density at radius 2 is 2.06 bits per heavy atom. The highest BCUT2D eigenvalue weighted by molar-refractivity contribution is 5.85. The molecule has 1 rings (SSSR count). The van der Waals surface area contributed by atoms with Gasteiger partial charge in [-0.2, -0.15) is 0 Å². The Balaban J connectivity index is 2.45. The molecule has 0 aliphatic carbocycles. The third-order valence-electron chi connectivity index (χ3n) is 3.43. The maximum absolute atomic E-state index is 10.7. The number of hydrogen-bond acceptors (Lipinski definition) is 2. The van der Waals surface area contributed by atoms with Gasteiger partial charge in [0.2, 0.25) is 0 Å². The zero-order valence-electron chi connectivity index (χ0n) is 10.6. The minimum atomic E-state index is -0.810. The summed E-state index contributed by atoms with van der Waals surface area (Å²) in [4.78, 5) is 13.0. The second kappa shape index (κ2) is 5.48. The van der Waals surface area contributed by atoms with Crippen molar-refractivity contribution < 1.29 is 9.90 Å². The van der Waals surface area contributed by atoms with Gasteiger partial charge in [-0.05, 0) is 44.7 Å². The van der Waals surface area contributed by atoms with E-state index in [-0.39, 0.29) is 0 Å². The predicted octanol–water partition coefficient (Wildman–Crippen LogP) is 2.53. The van der Waals surface area contributed by atoms with Crippen LogP contribution in [0.1, 0.15) is 40.0 Å². The van der Waals surface area contributed by atoms with E-state index in [4.69, 9.17) is 5.11 Å². The summed E-state index contributed by atoms with van der Waals surface area (Å²) in [5.74, 6) is -0.810. The van der Waals surface area contributed by atoms with E-state index in [1.54, 1.807) is 6.92 Å². The summed E-state index contributed by atoms with van der Waals surface area (Å²) in [6, 6.07) is 0. The van der Waals surface area contributed by atoms with E-state index in [1.807, 2.05) is 6.08 Å². The van der Waals surface area contributed by atoms with Crippen molar-refractivity contribution in [2.75, 3.05) is 19.6 Å². The van der Waals surface area contributed by atoms with Crippen LogP contribution in [0.4, 0.5) is 0 Å². The summed E-state index contributed by atoms with van der Waals surface area (Å²) in [5.41, 5.74) is 0.892. The topological polar surface area (TPSA) is 40.5 Å². The van der Waals surface area contributed by atoms with E-state index in [0.717, 1.165) is 19.6 Å². The molecule has 0 bridgehead atoms. The van der Waals surface area contributed by atoms with Crippen molar-refractivity contribution in [1.82, 2.24) is 4.90 Å². The number of hydrogen-bond donors (Lipinski definition) is 1. The third-order valence-corrected chi connectivity index (χ3v) is 3.43. The summed E-state index contributed by atoms with van der Waals surface area (Å²) in [6.07, 6.45) is 5.51. The first-order valence-corrected chi connectivity index (χ1v) is 6.03. The van der Waals surface area contributed by atoms with Crippen molar-refractivity contribution in [1.29, 1.82) is 0 Å². The van der Waals surface area contributed by atoms with Crippen molar-refractivity contribution in [2.45, 2.75) is 40.0 Å². The highest BCUT2D eigenvalue weighted by atomic mass is 16.4. The monoisotopic (exact) mass is 225 g/mol. The molecule has 92 valence electrons. The van der Waals surface area contributed by atoms with Crippen LogP contribution in [0, 0.1) is 5.41 Å². The van der Waals surface area contributed by atoms with Gasteiger partial charge in [0, 0.05) is 12.1 Å².